The van der Waals surface area contributed by atoms with Gasteiger partial charge in [-0.25, -0.2) is 4.57 Å². The molecule has 20 heavy (non-hydrogen) atoms. The van der Waals surface area contributed by atoms with Crippen LogP contribution in [0.15, 0.2) is 24.5 Å². The summed E-state index contributed by atoms with van der Waals surface area (Å²) < 4.78 is 3.72. The summed E-state index contributed by atoms with van der Waals surface area (Å²) in [5, 5.41) is 0. The molecular formula is C15H25Br2N3. The van der Waals surface area contributed by atoms with Gasteiger partial charge < -0.3 is 38.4 Å². The van der Waals surface area contributed by atoms with Gasteiger partial charge in [0.2, 0.25) is 0 Å². The molecule has 0 atom stereocenters. The summed E-state index contributed by atoms with van der Waals surface area (Å²) in [5.41, 5.74) is 1.35. The highest BCUT2D eigenvalue weighted by molar-refractivity contribution is 5.03. The fourth-order valence-electron chi connectivity index (χ4n) is 3.34. The minimum atomic E-state index is 0. The first-order valence-electron chi connectivity index (χ1n) is 7.29. The smallest absolute Gasteiger partial charge is 0.169 e. The molecule has 0 N–H and O–H groups in total. The lowest BCUT2D eigenvalue weighted by Gasteiger charge is -2.50. The zero-order valence-electron chi connectivity index (χ0n) is 12.3. The van der Waals surface area contributed by atoms with Crippen LogP contribution in [0, 0.1) is 6.92 Å². The third-order valence-electron chi connectivity index (χ3n) is 4.78. The number of rotatable bonds is 4. The van der Waals surface area contributed by atoms with Crippen LogP contribution in [0.25, 0.3) is 0 Å². The maximum Gasteiger partial charge on any atom is 0.169 e. The van der Waals surface area contributed by atoms with Gasteiger partial charge in [-0.05, 0) is 12.5 Å². The molecule has 0 spiro atoms. The number of aryl methyl sites for hydroxylation is 2. The van der Waals surface area contributed by atoms with Gasteiger partial charge in [-0.15, -0.1) is 0 Å². The number of hydrogen-bond donors (Lipinski definition) is 0. The molecule has 4 rings (SSSR count). The van der Waals surface area contributed by atoms with Gasteiger partial charge in [0, 0.05) is 31.8 Å². The van der Waals surface area contributed by atoms with E-state index < -0.39 is 0 Å². The number of pyridine rings is 1. The number of piperazine rings is 3. The number of quaternary nitrogens is 1. The van der Waals surface area contributed by atoms with E-state index in [1.807, 2.05) is 0 Å². The lowest BCUT2D eigenvalue weighted by atomic mass is 10.1. The molecule has 3 aliphatic heterocycles. The van der Waals surface area contributed by atoms with Crippen LogP contribution in [0.2, 0.25) is 0 Å². The summed E-state index contributed by atoms with van der Waals surface area (Å²) in [6.07, 6.45) is 5.74. The van der Waals surface area contributed by atoms with E-state index in [0.29, 0.717) is 0 Å². The van der Waals surface area contributed by atoms with Crippen molar-refractivity contribution >= 4 is 0 Å². The van der Waals surface area contributed by atoms with Crippen molar-refractivity contribution in [2.45, 2.75) is 19.9 Å². The van der Waals surface area contributed by atoms with E-state index in [9.17, 15) is 0 Å². The van der Waals surface area contributed by atoms with Crippen LogP contribution in [-0.2, 0) is 6.54 Å². The Hall–Kier alpha value is 0.0300. The lowest BCUT2D eigenvalue weighted by molar-refractivity contribution is -0.942. The third kappa shape index (κ3) is 4.26. The van der Waals surface area contributed by atoms with Crippen LogP contribution in [-0.4, -0.2) is 55.2 Å². The predicted molar refractivity (Wildman–Crippen MR) is 72.2 cm³/mol. The largest absolute Gasteiger partial charge is 1.00 e. The van der Waals surface area contributed by atoms with Crippen LogP contribution >= 0.6 is 0 Å². The van der Waals surface area contributed by atoms with E-state index in [4.69, 9.17) is 0 Å². The maximum atomic E-state index is 2.62. The molecule has 0 aliphatic carbocycles. The molecule has 3 aliphatic rings. The highest BCUT2D eigenvalue weighted by atomic mass is 79.9. The monoisotopic (exact) mass is 405 g/mol. The second-order valence-electron chi connectivity index (χ2n) is 6.04. The molecule has 114 valence electrons. The Morgan fingerprint density at radius 1 is 1.05 bits per heavy atom. The van der Waals surface area contributed by atoms with Crippen molar-refractivity contribution in [3.8, 4) is 0 Å². The Balaban J connectivity index is 0.000001000. The van der Waals surface area contributed by atoms with Gasteiger partial charge >= 0.3 is 0 Å². The van der Waals surface area contributed by atoms with Gasteiger partial charge in [-0.2, -0.15) is 0 Å². The molecule has 5 heteroatoms. The van der Waals surface area contributed by atoms with E-state index in [0.717, 1.165) is 0 Å². The van der Waals surface area contributed by atoms with E-state index in [-0.39, 0.29) is 34.0 Å². The first-order valence-corrected chi connectivity index (χ1v) is 7.29. The number of halogens is 2. The number of nitrogens with zero attached hydrogens (tertiary/aromatic N) is 3. The van der Waals surface area contributed by atoms with Crippen molar-refractivity contribution in [3.63, 3.8) is 0 Å². The molecule has 0 amide bonds. The Labute approximate surface area is 143 Å². The molecular weight excluding hydrogens is 382 g/mol. The SMILES string of the molecule is Cc1cc[n+](CCC[N+]23CCN(CC2)CC3)cc1.[Br-].[Br-]. The van der Waals surface area contributed by atoms with Crippen molar-refractivity contribution in [1.82, 2.24) is 4.90 Å². The number of fused-ring (bicyclic) bond motifs is 3. The summed E-state index contributed by atoms with van der Waals surface area (Å²) >= 11 is 0. The molecule has 1 aromatic rings. The van der Waals surface area contributed by atoms with Crippen LogP contribution in [0.1, 0.15) is 12.0 Å². The summed E-state index contributed by atoms with van der Waals surface area (Å²) in [4.78, 5) is 2.62. The van der Waals surface area contributed by atoms with Gasteiger partial charge in [0.25, 0.3) is 0 Å². The third-order valence-corrected chi connectivity index (χ3v) is 4.78. The highest BCUT2D eigenvalue weighted by Gasteiger charge is 2.37. The number of hydrogen-bond acceptors (Lipinski definition) is 1. The summed E-state index contributed by atoms with van der Waals surface area (Å²) in [6.45, 7) is 12.8. The molecule has 0 saturated carbocycles. The second kappa shape index (κ2) is 7.87. The molecule has 1 aromatic heterocycles. The fraction of sp³-hybridized carbons (Fsp3) is 0.667. The molecule has 0 aromatic carbocycles. The topological polar surface area (TPSA) is 7.12 Å². The molecule has 0 radical (unpaired) electrons. The molecule has 4 heterocycles. The first-order chi connectivity index (χ1) is 8.76. The van der Waals surface area contributed by atoms with Gasteiger partial charge in [-0.3, -0.25) is 4.90 Å². The Bertz CT molecular complexity index is 386. The van der Waals surface area contributed by atoms with E-state index in [2.05, 4.69) is 40.9 Å². The van der Waals surface area contributed by atoms with Crippen molar-refractivity contribution < 1.29 is 43.0 Å². The standard InChI is InChI=1S/C15H25N3.2BrH/c1-15-3-6-16(7-4-15)5-2-11-18-12-8-17(9-13-18)10-14-18;;/h3-4,6-7H,2,5,8-14H2,1H3;2*1H/q+2;;/p-2. The predicted octanol–water partition coefficient (Wildman–Crippen LogP) is -5.17. The summed E-state index contributed by atoms with van der Waals surface area (Å²) in [5.74, 6) is 0. The highest BCUT2D eigenvalue weighted by Crippen LogP contribution is 2.19. The lowest BCUT2D eigenvalue weighted by Crippen LogP contribution is -3.00. The minimum Gasteiger partial charge on any atom is -1.00 e. The summed E-state index contributed by atoms with van der Waals surface area (Å²) in [7, 11) is 0. The van der Waals surface area contributed by atoms with Crippen LogP contribution < -0.4 is 38.5 Å². The van der Waals surface area contributed by atoms with Crippen molar-refractivity contribution in [2.24, 2.45) is 0 Å². The quantitative estimate of drug-likeness (QED) is 0.358. The maximum absolute atomic E-state index is 2.62. The van der Waals surface area contributed by atoms with E-state index >= 15 is 0 Å². The van der Waals surface area contributed by atoms with Gasteiger partial charge in [0.15, 0.2) is 18.9 Å². The minimum absolute atomic E-state index is 0. The average Bonchev–Trinajstić information content (AvgIpc) is 2.43. The van der Waals surface area contributed by atoms with E-state index in [1.165, 1.54) is 68.8 Å². The van der Waals surface area contributed by atoms with Crippen molar-refractivity contribution in [2.75, 3.05) is 45.8 Å². The van der Waals surface area contributed by atoms with Crippen molar-refractivity contribution in [1.29, 1.82) is 0 Å². The first kappa shape index (κ1) is 18.1. The number of aromatic nitrogens is 1. The zero-order chi connectivity index (χ0) is 12.4. The van der Waals surface area contributed by atoms with Gasteiger partial charge in [0.05, 0.1) is 32.6 Å². The van der Waals surface area contributed by atoms with Crippen molar-refractivity contribution in [3.05, 3.63) is 30.1 Å². The zero-order valence-corrected chi connectivity index (χ0v) is 15.4. The Kier molecular flexibility index (Phi) is 7.12. The molecule has 3 nitrogen and oxygen atoms in total. The summed E-state index contributed by atoms with van der Waals surface area (Å²) in [6, 6.07) is 4.40. The van der Waals surface area contributed by atoms with Gasteiger partial charge in [0.1, 0.15) is 0 Å². The molecule has 3 fully saturated rings. The Morgan fingerprint density at radius 3 is 2.15 bits per heavy atom. The van der Waals surface area contributed by atoms with E-state index in [1.54, 1.807) is 0 Å². The Morgan fingerprint density at radius 2 is 1.60 bits per heavy atom. The molecule has 2 bridgehead atoms. The molecule has 0 unspecified atom stereocenters. The van der Waals surface area contributed by atoms with Crippen LogP contribution in [0.3, 0.4) is 0 Å². The average molecular weight is 407 g/mol. The normalized spacial score (nSPS) is 27.6. The second-order valence-corrected chi connectivity index (χ2v) is 6.04. The van der Waals surface area contributed by atoms with Crippen LogP contribution in [0.4, 0.5) is 0 Å². The molecule has 3 saturated heterocycles. The fourth-order valence-corrected chi connectivity index (χ4v) is 3.34. The van der Waals surface area contributed by atoms with Crippen LogP contribution in [0.5, 0.6) is 0 Å². The van der Waals surface area contributed by atoms with Gasteiger partial charge in [-0.1, -0.05) is 0 Å².